The maximum Gasteiger partial charge on any atom is 0.341 e. The minimum Gasteiger partial charge on any atom is -0.477 e. The first kappa shape index (κ1) is 38.9. The van der Waals surface area contributed by atoms with Crippen molar-refractivity contribution >= 4 is 23.0 Å². The SMILES string of the molecule is Br.CCCCCCCCCCCCCCCC[N+](C)(CC)CCO.O=C(O)c1c(F)c(F)c(F)c(F)c1F. The van der Waals surface area contributed by atoms with Gasteiger partial charge in [0, 0.05) is 0 Å². The molecule has 0 amide bonds. The van der Waals surface area contributed by atoms with Crippen molar-refractivity contribution < 1.29 is 41.4 Å². The van der Waals surface area contributed by atoms with Crippen LogP contribution in [0.5, 0.6) is 0 Å². The third-order valence-corrected chi connectivity index (χ3v) is 6.88. The van der Waals surface area contributed by atoms with Gasteiger partial charge in [-0.3, -0.25) is 0 Å². The Morgan fingerprint density at radius 1 is 0.632 bits per heavy atom. The molecular weight excluding hydrogens is 573 g/mol. The van der Waals surface area contributed by atoms with E-state index in [1.54, 1.807) is 0 Å². The monoisotopic (exact) mass is 620 g/mol. The van der Waals surface area contributed by atoms with E-state index >= 15 is 0 Å². The number of likely N-dealkylation sites (N-methyl/N-ethyl adjacent to an activating group) is 1. The van der Waals surface area contributed by atoms with Crippen LogP contribution in [-0.4, -0.2) is 54.0 Å². The Hall–Kier alpha value is -1.26. The molecule has 0 aliphatic heterocycles. The van der Waals surface area contributed by atoms with Gasteiger partial charge in [-0.15, -0.1) is 17.0 Å². The molecule has 0 aromatic heterocycles. The Labute approximate surface area is 236 Å². The quantitative estimate of drug-likeness (QED) is 0.0535. The smallest absolute Gasteiger partial charge is 0.341 e. The number of unbranched alkanes of at least 4 members (excludes halogenated alkanes) is 13. The van der Waals surface area contributed by atoms with Gasteiger partial charge in [-0.1, -0.05) is 84.0 Å². The topological polar surface area (TPSA) is 57.5 Å². The van der Waals surface area contributed by atoms with Crippen LogP contribution in [0.1, 0.15) is 114 Å². The number of nitrogens with zero attached hydrogens (tertiary/aromatic N) is 1. The molecule has 1 unspecified atom stereocenters. The number of aliphatic hydroxyl groups excluding tert-OH is 1. The molecule has 1 atom stereocenters. The minimum atomic E-state index is -2.38. The Morgan fingerprint density at radius 3 is 1.29 bits per heavy atom. The lowest BCUT2D eigenvalue weighted by Crippen LogP contribution is -2.46. The summed E-state index contributed by atoms with van der Waals surface area (Å²) < 4.78 is 63.2. The van der Waals surface area contributed by atoms with E-state index in [-0.39, 0.29) is 17.0 Å². The molecule has 10 heteroatoms. The van der Waals surface area contributed by atoms with Gasteiger partial charge in [0.05, 0.1) is 26.7 Å². The summed E-state index contributed by atoms with van der Waals surface area (Å²) in [5.41, 5.74) is -1.86. The normalized spacial score (nSPS) is 12.3. The summed E-state index contributed by atoms with van der Waals surface area (Å²) in [5, 5.41) is 17.3. The first-order valence-electron chi connectivity index (χ1n) is 13.7. The van der Waals surface area contributed by atoms with Crippen molar-refractivity contribution in [2.24, 2.45) is 0 Å². The van der Waals surface area contributed by atoms with E-state index in [0.29, 0.717) is 6.61 Å². The van der Waals surface area contributed by atoms with Gasteiger partial charge in [-0.05, 0) is 19.8 Å². The summed E-state index contributed by atoms with van der Waals surface area (Å²) in [6, 6.07) is 0. The second-order valence-electron chi connectivity index (χ2n) is 9.95. The molecule has 38 heavy (non-hydrogen) atoms. The first-order chi connectivity index (χ1) is 17.6. The Morgan fingerprint density at radius 2 is 0.974 bits per heavy atom. The van der Waals surface area contributed by atoms with Crippen molar-refractivity contribution in [2.75, 3.05) is 33.3 Å². The standard InChI is InChI=1S/C21H46NO.C7HF5O2.BrH/c1-4-6-7-8-9-10-11-12-13-14-15-16-17-18-19-22(3,5-2)20-21-23;8-2-1(7(13)14)3(9)5(11)6(12)4(2)10;/h23H,4-21H2,1-3H3;(H,13,14);1H/q+1;;. The van der Waals surface area contributed by atoms with Crippen LogP contribution in [0.4, 0.5) is 22.0 Å². The molecule has 0 radical (unpaired) electrons. The van der Waals surface area contributed by atoms with Crippen LogP contribution in [-0.2, 0) is 0 Å². The highest BCUT2D eigenvalue weighted by molar-refractivity contribution is 8.93. The fourth-order valence-corrected chi connectivity index (χ4v) is 4.15. The average molecular weight is 622 g/mol. The van der Waals surface area contributed by atoms with Gasteiger partial charge >= 0.3 is 5.97 Å². The molecule has 0 fully saturated rings. The molecule has 1 aromatic rings. The average Bonchev–Trinajstić information content (AvgIpc) is 2.87. The fraction of sp³-hybridized carbons (Fsp3) is 0.750. The number of carboxylic acids is 1. The number of hydrogen-bond donors (Lipinski definition) is 2. The van der Waals surface area contributed by atoms with Gasteiger partial charge in [0.25, 0.3) is 0 Å². The predicted molar refractivity (Wildman–Crippen MR) is 147 cm³/mol. The number of hydrogen-bond acceptors (Lipinski definition) is 2. The number of benzene rings is 1. The van der Waals surface area contributed by atoms with Crippen LogP contribution in [0.25, 0.3) is 0 Å². The van der Waals surface area contributed by atoms with Crippen LogP contribution in [0, 0.1) is 29.1 Å². The minimum absolute atomic E-state index is 0. The molecular formula is C28H48BrF5NO3+. The van der Waals surface area contributed by atoms with Crippen LogP contribution in [0.2, 0.25) is 0 Å². The zero-order valence-corrected chi connectivity index (χ0v) is 25.0. The number of halogens is 6. The zero-order valence-electron chi connectivity index (χ0n) is 23.3. The molecule has 1 rings (SSSR count). The molecule has 0 heterocycles. The zero-order chi connectivity index (χ0) is 28.3. The summed E-state index contributed by atoms with van der Waals surface area (Å²) in [5.74, 6) is -13.9. The van der Waals surface area contributed by atoms with Gasteiger partial charge in [0.1, 0.15) is 12.1 Å². The third-order valence-electron chi connectivity index (χ3n) is 6.88. The van der Waals surface area contributed by atoms with Crippen LogP contribution in [0.3, 0.4) is 0 Å². The van der Waals surface area contributed by atoms with Gasteiger partial charge in [0.15, 0.2) is 23.3 Å². The van der Waals surface area contributed by atoms with Gasteiger partial charge < -0.3 is 14.7 Å². The maximum atomic E-state index is 12.6. The maximum absolute atomic E-state index is 12.6. The van der Waals surface area contributed by atoms with Crippen LogP contribution >= 0.6 is 17.0 Å². The van der Waals surface area contributed by atoms with Crippen molar-refractivity contribution in [1.82, 2.24) is 0 Å². The van der Waals surface area contributed by atoms with Gasteiger partial charge in [-0.25, -0.2) is 26.7 Å². The van der Waals surface area contributed by atoms with E-state index in [2.05, 4.69) is 20.9 Å². The second kappa shape index (κ2) is 22.5. The highest BCUT2D eigenvalue weighted by atomic mass is 79.9. The Bertz CT molecular complexity index is 756. The number of aliphatic hydroxyl groups is 1. The van der Waals surface area contributed by atoms with Crippen molar-refractivity contribution in [3.8, 4) is 0 Å². The van der Waals surface area contributed by atoms with Crippen molar-refractivity contribution in [3.05, 3.63) is 34.6 Å². The van der Waals surface area contributed by atoms with E-state index in [9.17, 15) is 26.7 Å². The summed E-state index contributed by atoms with van der Waals surface area (Å²) in [6.45, 7) is 8.13. The molecule has 0 aliphatic carbocycles. The largest absolute Gasteiger partial charge is 0.477 e. The van der Waals surface area contributed by atoms with Crippen molar-refractivity contribution in [3.63, 3.8) is 0 Å². The highest BCUT2D eigenvalue weighted by Gasteiger charge is 2.29. The summed E-state index contributed by atoms with van der Waals surface area (Å²) in [4.78, 5) is 10.1. The molecule has 4 nitrogen and oxygen atoms in total. The molecule has 0 saturated carbocycles. The lowest BCUT2D eigenvalue weighted by atomic mass is 10.0. The fourth-order valence-electron chi connectivity index (χ4n) is 4.15. The number of carbonyl (C=O) groups is 1. The molecule has 1 aromatic carbocycles. The third kappa shape index (κ3) is 15.4. The molecule has 0 saturated heterocycles. The molecule has 0 spiro atoms. The predicted octanol–water partition coefficient (Wildman–Crippen LogP) is 8.58. The molecule has 2 N–H and O–H groups in total. The Kier molecular flexibility index (Phi) is 23.1. The van der Waals surface area contributed by atoms with E-state index in [1.807, 2.05) is 0 Å². The number of rotatable bonds is 19. The summed E-state index contributed by atoms with van der Waals surface area (Å²) in [6.07, 6.45) is 19.9. The van der Waals surface area contributed by atoms with E-state index in [0.717, 1.165) is 17.6 Å². The van der Waals surface area contributed by atoms with E-state index in [4.69, 9.17) is 10.2 Å². The molecule has 0 bridgehead atoms. The number of carboxylic acid groups (broad SMARTS) is 1. The Balaban J connectivity index is 0. The second-order valence-corrected chi connectivity index (χ2v) is 9.95. The van der Waals surface area contributed by atoms with Gasteiger partial charge in [-0.2, -0.15) is 0 Å². The van der Waals surface area contributed by atoms with E-state index in [1.165, 1.54) is 96.4 Å². The molecule has 224 valence electrons. The van der Waals surface area contributed by atoms with E-state index < -0.39 is 40.6 Å². The van der Waals surface area contributed by atoms with Gasteiger partial charge in [0.2, 0.25) is 5.82 Å². The summed E-state index contributed by atoms with van der Waals surface area (Å²) >= 11 is 0. The lowest BCUT2D eigenvalue weighted by molar-refractivity contribution is -0.908. The number of quaternary nitrogens is 1. The van der Waals surface area contributed by atoms with Crippen molar-refractivity contribution in [1.29, 1.82) is 0 Å². The lowest BCUT2D eigenvalue weighted by Gasteiger charge is -2.32. The highest BCUT2D eigenvalue weighted by Crippen LogP contribution is 2.22. The van der Waals surface area contributed by atoms with Crippen LogP contribution in [0.15, 0.2) is 0 Å². The molecule has 0 aliphatic rings. The van der Waals surface area contributed by atoms with Crippen molar-refractivity contribution in [2.45, 2.75) is 104 Å². The van der Waals surface area contributed by atoms with Crippen LogP contribution < -0.4 is 0 Å². The first-order valence-corrected chi connectivity index (χ1v) is 13.7. The summed E-state index contributed by atoms with van der Waals surface area (Å²) in [7, 11) is 2.28. The number of aromatic carboxylic acids is 1.